The molecule has 1 saturated heterocycles. The van der Waals surface area contributed by atoms with Gasteiger partial charge in [0.1, 0.15) is 5.82 Å². The third-order valence-electron chi connectivity index (χ3n) is 7.09. The summed E-state index contributed by atoms with van der Waals surface area (Å²) in [6, 6.07) is 9.55. The van der Waals surface area contributed by atoms with Gasteiger partial charge in [-0.05, 0) is 81.3 Å². The second-order valence-electron chi connectivity index (χ2n) is 9.52. The highest BCUT2D eigenvalue weighted by Gasteiger charge is 2.30. The molecule has 3 heterocycles. The first-order valence-electron chi connectivity index (χ1n) is 11.9. The van der Waals surface area contributed by atoms with Crippen LogP contribution in [-0.2, 0) is 4.74 Å². The summed E-state index contributed by atoms with van der Waals surface area (Å²) in [6.07, 6.45) is 8.24. The largest absolute Gasteiger partial charge is 0.373 e. The zero-order valence-electron chi connectivity index (χ0n) is 19.3. The van der Waals surface area contributed by atoms with Gasteiger partial charge in [0, 0.05) is 34.5 Å². The molecule has 174 valence electrons. The molecule has 7 heteroatoms. The van der Waals surface area contributed by atoms with Gasteiger partial charge in [-0.15, -0.1) is 0 Å². The SMILES string of the molecule is Cc1nc2cc([C@@H]3CCO[C@@H](c4cnn(C5CC5)c4)C3)cc(-c3ccc(Cl)cc3F)c2nc1C. The van der Waals surface area contributed by atoms with Crippen LogP contribution in [0, 0.1) is 19.7 Å². The van der Waals surface area contributed by atoms with Crippen molar-refractivity contribution in [2.24, 2.45) is 0 Å². The van der Waals surface area contributed by atoms with E-state index in [1.807, 2.05) is 20.0 Å². The first kappa shape index (κ1) is 21.7. The molecule has 0 N–H and O–H groups in total. The van der Waals surface area contributed by atoms with Gasteiger partial charge in [0.05, 0.1) is 40.8 Å². The molecule has 6 rings (SSSR count). The van der Waals surface area contributed by atoms with Crippen LogP contribution in [-0.4, -0.2) is 26.4 Å². The van der Waals surface area contributed by atoms with Crippen LogP contribution >= 0.6 is 11.6 Å². The van der Waals surface area contributed by atoms with Crippen molar-refractivity contribution in [3.05, 3.63) is 76.1 Å². The minimum atomic E-state index is -0.358. The van der Waals surface area contributed by atoms with E-state index in [1.54, 1.807) is 12.1 Å². The summed E-state index contributed by atoms with van der Waals surface area (Å²) in [5.41, 5.74) is 6.73. The summed E-state index contributed by atoms with van der Waals surface area (Å²) < 4.78 is 23.2. The Morgan fingerprint density at radius 3 is 2.62 bits per heavy atom. The van der Waals surface area contributed by atoms with Gasteiger partial charge in [-0.25, -0.2) is 14.4 Å². The quantitative estimate of drug-likeness (QED) is 0.322. The van der Waals surface area contributed by atoms with Crippen molar-refractivity contribution < 1.29 is 9.13 Å². The average molecular weight is 477 g/mol. The lowest BCUT2D eigenvalue weighted by atomic mass is 9.85. The van der Waals surface area contributed by atoms with E-state index in [-0.39, 0.29) is 17.8 Å². The predicted octanol–water partition coefficient (Wildman–Crippen LogP) is 6.87. The van der Waals surface area contributed by atoms with E-state index in [0.29, 0.717) is 28.8 Å². The molecule has 0 amide bonds. The number of aromatic nitrogens is 4. The van der Waals surface area contributed by atoms with E-state index < -0.39 is 0 Å². The lowest BCUT2D eigenvalue weighted by Gasteiger charge is -2.30. The number of aryl methyl sites for hydroxylation is 2. The molecule has 1 saturated carbocycles. The molecule has 2 atom stereocenters. The summed E-state index contributed by atoms with van der Waals surface area (Å²) in [5.74, 6) is -0.0896. The second-order valence-corrected chi connectivity index (χ2v) is 9.96. The van der Waals surface area contributed by atoms with E-state index in [1.165, 1.54) is 18.9 Å². The number of halogens is 2. The molecule has 2 aromatic carbocycles. The number of fused-ring (bicyclic) bond motifs is 1. The number of nitrogens with zero attached hydrogens (tertiary/aromatic N) is 4. The minimum absolute atomic E-state index is 0.00324. The van der Waals surface area contributed by atoms with Crippen molar-refractivity contribution in [2.45, 2.75) is 57.6 Å². The summed E-state index contributed by atoms with van der Waals surface area (Å²) in [4.78, 5) is 9.61. The Morgan fingerprint density at radius 1 is 1.00 bits per heavy atom. The zero-order valence-corrected chi connectivity index (χ0v) is 20.0. The Hall–Kier alpha value is -2.83. The van der Waals surface area contributed by atoms with Gasteiger partial charge in [-0.3, -0.25) is 4.68 Å². The maximum absolute atomic E-state index is 15.0. The van der Waals surface area contributed by atoms with E-state index in [2.05, 4.69) is 28.1 Å². The van der Waals surface area contributed by atoms with Crippen molar-refractivity contribution in [1.82, 2.24) is 19.7 Å². The summed E-state index contributed by atoms with van der Waals surface area (Å²) >= 11 is 6.03. The fourth-order valence-corrected chi connectivity index (χ4v) is 5.05. The Bertz CT molecular complexity index is 1400. The highest BCUT2D eigenvalue weighted by molar-refractivity contribution is 6.30. The van der Waals surface area contributed by atoms with E-state index in [9.17, 15) is 0 Å². The Balaban J connectivity index is 1.41. The van der Waals surface area contributed by atoms with Crippen LogP contribution in [0.3, 0.4) is 0 Å². The van der Waals surface area contributed by atoms with Gasteiger partial charge in [0.2, 0.25) is 0 Å². The van der Waals surface area contributed by atoms with Crippen LogP contribution in [0.5, 0.6) is 0 Å². The molecule has 0 unspecified atom stereocenters. The van der Waals surface area contributed by atoms with Crippen LogP contribution in [0.15, 0.2) is 42.7 Å². The van der Waals surface area contributed by atoms with Crippen LogP contribution < -0.4 is 0 Å². The Kier molecular flexibility index (Phi) is 5.38. The molecule has 0 bridgehead atoms. The van der Waals surface area contributed by atoms with Crippen LogP contribution in [0.25, 0.3) is 22.2 Å². The summed E-state index contributed by atoms with van der Waals surface area (Å²) in [6.45, 7) is 4.56. The number of hydrogen-bond acceptors (Lipinski definition) is 4. The topological polar surface area (TPSA) is 52.8 Å². The van der Waals surface area contributed by atoms with Gasteiger partial charge in [0.15, 0.2) is 0 Å². The molecule has 0 radical (unpaired) electrons. The third-order valence-corrected chi connectivity index (χ3v) is 7.33. The third kappa shape index (κ3) is 3.99. The number of ether oxygens (including phenoxy) is 1. The zero-order chi connectivity index (χ0) is 23.4. The molecule has 1 aliphatic carbocycles. The lowest BCUT2D eigenvalue weighted by molar-refractivity contribution is 0.00523. The number of rotatable bonds is 4. The summed E-state index contributed by atoms with van der Waals surface area (Å²) in [7, 11) is 0. The maximum atomic E-state index is 15.0. The molecule has 4 aromatic rings. The Morgan fingerprint density at radius 2 is 1.82 bits per heavy atom. The van der Waals surface area contributed by atoms with Crippen LogP contribution in [0.4, 0.5) is 4.39 Å². The van der Waals surface area contributed by atoms with Crippen LogP contribution in [0.1, 0.15) is 66.3 Å². The lowest BCUT2D eigenvalue weighted by Crippen LogP contribution is -2.18. The molecule has 2 aromatic heterocycles. The maximum Gasteiger partial charge on any atom is 0.132 e. The van der Waals surface area contributed by atoms with Crippen LogP contribution in [0.2, 0.25) is 5.02 Å². The van der Waals surface area contributed by atoms with Gasteiger partial charge in [0.25, 0.3) is 0 Å². The molecule has 34 heavy (non-hydrogen) atoms. The van der Waals surface area contributed by atoms with Crippen molar-refractivity contribution in [1.29, 1.82) is 0 Å². The van der Waals surface area contributed by atoms with Gasteiger partial charge >= 0.3 is 0 Å². The van der Waals surface area contributed by atoms with Crippen molar-refractivity contribution in [2.75, 3.05) is 6.61 Å². The van der Waals surface area contributed by atoms with E-state index in [0.717, 1.165) is 46.4 Å². The number of benzene rings is 2. The second kappa shape index (κ2) is 8.43. The molecule has 2 aliphatic rings. The van der Waals surface area contributed by atoms with Crippen molar-refractivity contribution >= 4 is 22.6 Å². The fraction of sp³-hybridized carbons (Fsp3) is 0.370. The molecular formula is C27H26ClFN4O. The Labute approximate surface area is 202 Å². The van der Waals surface area contributed by atoms with Gasteiger partial charge in [-0.1, -0.05) is 11.6 Å². The van der Waals surface area contributed by atoms with Gasteiger partial charge in [-0.2, -0.15) is 5.10 Å². The molecule has 0 spiro atoms. The molecule has 5 nitrogen and oxygen atoms in total. The van der Waals surface area contributed by atoms with E-state index >= 15 is 4.39 Å². The first-order chi connectivity index (χ1) is 16.5. The molecule has 1 aliphatic heterocycles. The van der Waals surface area contributed by atoms with E-state index in [4.69, 9.17) is 26.3 Å². The first-order valence-corrected chi connectivity index (χ1v) is 12.2. The standard InChI is InChI=1S/C27H26ClFN4O/c1-15-16(2)32-27-23(22-6-3-20(28)12-24(22)29)9-18(10-25(27)31-15)17-7-8-34-26(11-17)19-13-30-33(14-19)21-4-5-21/h3,6,9-10,12-14,17,21,26H,4-5,7-8,11H2,1-2H3/t17-,26-/m1/s1. The minimum Gasteiger partial charge on any atom is -0.373 e. The monoisotopic (exact) mass is 476 g/mol. The van der Waals surface area contributed by atoms with Crippen molar-refractivity contribution in [3.8, 4) is 11.1 Å². The smallest absolute Gasteiger partial charge is 0.132 e. The fourth-order valence-electron chi connectivity index (χ4n) is 4.89. The highest BCUT2D eigenvalue weighted by Crippen LogP contribution is 2.42. The van der Waals surface area contributed by atoms with Crippen molar-refractivity contribution in [3.63, 3.8) is 0 Å². The normalized spacial score (nSPS) is 20.7. The van der Waals surface area contributed by atoms with Gasteiger partial charge < -0.3 is 4.74 Å². The average Bonchev–Trinajstić information content (AvgIpc) is 3.56. The molecule has 2 fully saturated rings. The summed E-state index contributed by atoms with van der Waals surface area (Å²) in [5, 5.41) is 4.92. The number of hydrogen-bond donors (Lipinski definition) is 0. The predicted molar refractivity (Wildman–Crippen MR) is 131 cm³/mol. The highest BCUT2D eigenvalue weighted by atomic mass is 35.5. The molecular weight excluding hydrogens is 451 g/mol.